The Kier molecular flexibility index (Phi) is 6.22. The molecule has 0 radical (unpaired) electrons. The average molecular weight is 379 g/mol. The van der Waals surface area contributed by atoms with Crippen LogP contribution in [0, 0.1) is 0 Å². The molecule has 0 aliphatic carbocycles. The molecule has 148 valence electrons. The normalized spacial score (nSPS) is 13.3. The predicted octanol–water partition coefficient (Wildman–Crippen LogP) is 4.48. The highest BCUT2D eigenvalue weighted by Crippen LogP contribution is 2.24. The number of rotatable bonds is 7. The number of nitrogens with one attached hydrogen (secondary N) is 1. The van der Waals surface area contributed by atoms with E-state index in [4.69, 9.17) is 4.74 Å². The number of ether oxygens (including phenoxy) is 1. The maximum Gasteiger partial charge on any atom is 0.126 e. The van der Waals surface area contributed by atoms with Gasteiger partial charge in [0.05, 0.1) is 0 Å². The zero-order chi connectivity index (χ0) is 20.1. The number of aryl methyl sites for hydroxylation is 1. The van der Waals surface area contributed by atoms with E-state index in [1.165, 1.54) is 16.5 Å². The van der Waals surface area contributed by atoms with Crippen molar-refractivity contribution in [3.63, 3.8) is 0 Å². The first-order valence-corrected chi connectivity index (χ1v) is 9.70. The Morgan fingerprint density at radius 3 is 2.54 bits per heavy atom. The highest BCUT2D eigenvalue weighted by molar-refractivity contribution is 5.91. The summed E-state index contributed by atoms with van der Waals surface area (Å²) in [5.74, 6) is 0.772. The summed E-state index contributed by atoms with van der Waals surface area (Å²) >= 11 is 0. The smallest absolute Gasteiger partial charge is 0.126 e. The Balaban J connectivity index is 1.71. The van der Waals surface area contributed by atoms with E-state index in [9.17, 15) is 5.11 Å². The van der Waals surface area contributed by atoms with Crippen LogP contribution >= 0.6 is 0 Å². The van der Waals surface area contributed by atoms with Crippen LogP contribution in [0.15, 0.2) is 54.7 Å². The second kappa shape index (κ2) is 8.63. The minimum absolute atomic E-state index is 0.0277. The zero-order valence-corrected chi connectivity index (χ0v) is 17.1. The minimum Gasteiger partial charge on any atom is -0.490 e. The first-order valence-electron chi connectivity index (χ1n) is 9.70. The lowest BCUT2D eigenvalue weighted by atomic mass is 10.1. The number of aliphatic hydroxyl groups is 1. The molecule has 0 bridgehead atoms. The zero-order valence-electron chi connectivity index (χ0n) is 17.1. The second-order valence-corrected chi connectivity index (χ2v) is 8.17. The molecule has 0 spiro atoms. The van der Waals surface area contributed by atoms with Crippen molar-refractivity contribution >= 4 is 23.1 Å². The van der Waals surface area contributed by atoms with Crippen molar-refractivity contribution in [3.8, 4) is 5.75 Å². The van der Waals surface area contributed by atoms with Crippen LogP contribution in [0.1, 0.15) is 31.9 Å². The van der Waals surface area contributed by atoms with Gasteiger partial charge in [0.2, 0.25) is 0 Å². The molecule has 3 rings (SSSR count). The predicted molar refractivity (Wildman–Crippen MR) is 118 cm³/mol. The summed E-state index contributed by atoms with van der Waals surface area (Å²) in [4.78, 5) is 0. The summed E-state index contributed by atoms with van der Waals surface area (Å²) in [6, 6.07) is 16.3. The summed E-state index contributed by atoms with van der Waals surface area (Å²) in [6.07, 6.45) is 5.69. The van der Waals surface area contributed by atoms with Gasteiger partial charge >= 0.3 is 0 Å². The summed E-state index contributed by atoms with van der Waals surface area (Å²) in [5, 5.41) is 14.7. The SMILES string of the molecule is Cn1ccc2c(/C=C/c3ccccc3OCC(O)CNC(C)(C)C)cccc21. The Labute approximate surface area is 167 Å². The molecule has 1 unspecified atom stereocenters. The van der Waals surface area contributed by atoms with Crippen LogP contribution in [0.25, 0.3) is 23.1 Å². The van der Waals surface area contributed by atoms with Crippen molar-refractivity contribution in [2.75, 3.05) is 13.2 Å². The number of hydrogen-bond donors (Lipinski definition) is 2. The third-order valence-electron chi connectivity index (χ3n) is 4.62. The Morgan fingerprint density at radius 2 is 1.75 bits per heavy atom. The quantitative estimate of drug-likeness (QED) is 0.596. The van der Waals surface area contributed by atoms with Crippen LogP contribution in [-0.2, 0) is 7.05 Å². The maximum atomic E-state index is 10.2. The minimum atomic E-state index is -0.561. The lowest BCUT2D eigenvalue weighted by Gasteiger charge is -2.23. The van der Waals surface area contributed by atoms with E-state index in [1.807, 2.05) is 24.3 Å². The van der Waals surface area contributed by atoms with Crippen molar-refractivity contribution < 1.29 is 9.84 Å². The molecule has 2 N–H and O–H groups in total. The molecule has 4 nitrogen and oxygen atoms in total. The number of benzene rings is 2. The molecule has 0 saturated carbocycles. The van der Waals surface area contributed by atoms with E-state index >= 15 is 0 Å². The van der Waals surface area contributed by atoms with E-state index in [0.717, 1.165) is 11.3 Å². The van der Waals surface area contributed by atoms with Gasteiger partial charge in [0, 0.05) is 41.8 Å². The lowest BCUT2D eigenvalue weighted by molar-refractivity contribution is 0.0999. The highest BCUT2D eigenvalue weighted by atomic mass is 16.5. The Morgan fingerprint density at radius 1 is 1.04 bits per heavy atom. The topological polar surface area (TPSA) is 46.4 Å². The van der Waals surface area contributed by atoms with Gasteiger partial charge in [0.15, 0.2) is 0 Å². The molecule has 1 aromatic heterocycles. The highest BCUT2D eigenvalue weighted by Gasteiger charge is 2.13. The van der Waals surface area contributed by atoms with Crippen molar-refractivity contribution in [2.24, 2.45) is 7.05 Å². The van der Waals surface area contributed by atoms with Crippen LogP contribution in [0.4, 0.5) is 0 Å². The maximum absolute atomic E-state index is 10.2. The van der Waals surface area contributed by atoms with Crippen LogP contribution in [0.5, 0.6) is 5.75 Å². The van der Waals surface area contributed by atoms with Gasteiger partial charge in [-0.2, -0.15) is 0 Å². The van der Waals surface area contributed by atoms with Gasteiger partial charge < -0.3 is 19.7 Å². The van der Waals surface area contributed by atoms with Gasteiger partial charge in [0.1, 0.15) is 18.5 Å². The van der Waals surface area contributed by atoms with Crippen LogP contribution in [0.3, 0.4) is 0 Å². The van der Waals surface area contributed by atoms with Crippen LogP contribution in [-0.4, -0.2) is 34.5 Å². The van der Waals surface area contributed by atoms with Crippen molar-refractivity contribution in [3.05, 3.63) is 65.9 Å². The number of nitrogens with zero attached hydrogens (tertiary/aromatic N) is 1. The van der Waals surface area contributed by atoms with E-state index in [2.05, 4.69) is 80.3 Å². The molecule has 0 aliphatic rings. The van der Waals surface area contributed by atoms with Gasteiger partial charge in [-0.05, 0) is 44.5 Å². The van der Waals surface area contributed by atoms with Gasteiger partial charge in [-0.3, -0.25) is 0 Å². The van der Waals surface area contributed by atoms with Gasteiger partial charge in [-0.15, -0.1) is 0 Å². The van der Waals surface area contributed by atoms with Gasteiger partial charge in [-0.1, -0.05) is 42.5 Å². The largest absolute Gasteiger partial charge is 0.490 e. The number of aliphatic hydroxyl groups excluding tert-OH is 1. The number of aromatic nitrogens is 1. The van der Waals surface area contributed by atoms with Crippen molar-refractivity contribution in [1.29, 1.82) is 0 Å². The second-order valence-electron chi connectivity index (χ2n) is 8.17. The first kappa shape index (κ1) is 20.2. The molecule has 3 aromatic rings. The Bertz CT molecular complexity index is 951. The average Bonchev–Trinajstić information content (AvgIpc) is 3.05. The molecule has 2 aromatic carbocycles. The van der Waals surface area contributed by atoms with Crippen LogP contribution < -0.4 is 10.1 Å². The van der Waals surface area contributed by atoms with Crippen LogP contribution in [0.2, 0.25) is 0 Å². The molecule has 0 fully saturated rings. The van der Waals surface area contributed by atoms with Crippen molar-refractivity contribution in [1.82, 2.24) is 9.88 Å². The van der Waals surface area contributed by atoms with Crippen molar-refractivity contribution in [2.45, 2.75) is 32.4 Å². The summed E-state index contributed by atoms with van der Waals surface area (Å²) in [6.45, 7) is 6.98. The van der Waals surface area contributed by atoms with Gasteiger partial charge in [0.25, 0.3) is 0 Å². The molecule has 1 heterocycles. The van der Waals surface area contributed by atoms with E-state index in [0.29, 0.717) is 6.54 Å². The number of hydrogen-bond acceptors (Lipinski definition) is 3. The summed E-state index contributed by atoms with van der Waals surface area (Å²) in [5.41, 5.74) is 3.34. The van der Waals surface area contributed by atoms with E-state index in [1.54, 1.807) is 0 Å². The monoisotopic (exact) mass is 378 g/mol. The molecular weight excluding hydrogens is 348 g/mol. The molecule has 4 heteroatoms. The lowest BCUT2D eigenvalue weighted by Crippen LogP contribution is -2.42. The molecule has 0 amide bonds. The fraction of sp³-hybridized carbons (Fsp3) is 0.333. The fourth-order valence-electron chi connectivity index (χ4n) is 3.07. The fourth-order valence-corrected chi connectivity index (χ4v) is 3.07. The third-order valence-corrected chi connectivity index (χ3v) is 4.62. The third kappa shape index (κ3) is 5.24. The standard InChI is InChI=1S/C24H30N2O2/c1-24(2,3)25-16-20(27)17-28-23-11-6-5-8-19(23)13-12-18-9-7-10-22-21(18)14-15-26(22)4/h5-15,20,25,27H,16-17H2,1-4H3/b13-12+. The number of fused-ring (bicyclic) bond motifs is 1. The van der Waals surface area contributed by atoms with E-state index in [-0.39, 0.29) is 12.1 Å². The summed E-state index contributed by atoms with van der Waals surface area (Å²) < 4.78 is 8.02. The van der Waals surface area contributed by atoms with E-state index < -0.39 is 6.10 Å². The Hall–Kier alpha value is -2.56. The molecule has 1 atom stereocenters. The molecular formula is C24H30N2O2. The molecule has 0 saturated heterocycles. The van der Waals surface area contributed by atoms with Gasteiger partial charge in [-0.25, -0.2) is 0 Å². The number of para-hydroxylation sites is 1. The number of β-amino-alcohol motifs (C(OH)–C–C–N with tert-alkyl or cyclic N) is 1. The molecule has 0 aliphatic heterocycles. The molecule has 28 heavy (non-hydrogen) atoms. The summed E-state index contributed by atoms with van der Waals surface area (Å²) in [7, 11) is 2.05. The first-order chi connectivity index (χ1) is 13.3.